The van der Waals surface area contributed by atoms with E-state index >= 15 is 0 Å². The van der Waals surface area contributed by atoms with Crippen molar-refractivity contribution in [3.63, 3.8) is 0 Å². The van der Waals surface area contributed by atoms with Crippen LogP contribution < -0.4 is 5.73 Å². The number of fused-ring (bicyclic) bond motifs is 1. The van der Waals surface area contributed by atoms with Crippen LogP contribution in [0.15, 0.2) is 47.8 Å². The van der Waals surface area contributed by atoms with Crippen molar-refractivity contribution in [3.05, 3.63) is 58.5 Å². The third-order valence-electron chi connectivity index (χ3n) is 3.04. The zero-order valence-electron chi connectivity index (χ0n) is 9.69. The summed E-state index contributed by atoms with van der Waals surface area (Å²) in [7, 11) is 0. The van der Waals surface area contributed by atoms with Crippen molar-refractivity contribution in [2.24, 2.45) is 5.73 Å². The zero-order valence-corrected chi connectivity index (χ0v) is 10.5. The quantitative estimate of drug-likeness (QED) is 0.732. The van der Waals surface area contributed by atoms with Crippen molar-refractivity contribution >= 4 is 22.1 Å². The highest BCUT2D eigenvalue weighted by atomic mass is 32.1. The number of thiophene rings is 1. The van der Waals surface area contributed by atoms with Gasteiger partial charge in [0.1, 0.15) is 5.82 Å². The molecule has 3 rings (SSSR count). The van der Waals surface area contributed by atoms with Crippen LogP contribution in [-0.4, -0.2) is 0 Å². The molecule has 0 spiro atoms. The third-order valence-corrected chi connectivity index (χ3v) is 4.00. The summed E-state index contributed by atoms with van der Waals surface area (Å²) < 4.78 is 13.7. The first-order valence-corrected chi connectivity index (χ1v) is 6.62. The van der Waals surface area contributed by atoms with Crippen molar-refractivity contribution in [1.82, 2.24) is 0 Å². The van der Waals surface area contributed by atoms with Gasteiger partial charge in [0.2, 0.25) is 0 Å². The van der Waals surface area contributed by atoms with E-state index in [0.29, 0.717) is 11.9 Å². The fraction of sp³-hybridized carbons (Fsp3) is 0.0667. The summed E-state index contributed by atoms with van der Waals surface area (Å²) in [5.74, 6) is -0.177. The largest absolute Gasteiger partial charge is 0.326 e. The molecule has 0 radical (unpaired) electrons. The monoisotopic (exact) mass is 257 g/mol. The SMILES string of the molecule is NCc1cc(-c2ccc(F)c3ccccc23)cs1. The van der Waals surface area contributed by atoms with Crippen molar-refractivity contribution < 1.29 is 4.39 Å². The third kappa shape index (κ3) is 1.82. The van der Waals surface area contributed by atoms with Crippen LogP contribution in [0.1, 0.15) is 4.88 Å². The van der Waals surface area contributed by atoms with Crippen LogP contribution in [0.25, 0.3) is 21.9 Å². The van der Waals surface area contributed by atoms with Crippen molar-refractivity contribution in [2.45, 2.75) is 6.54 Å². The van der Waals surface area contributed by atoms with E-state index in [1.807, 2.05) is 30.3 Å². The van der Waals surface area contributed by atoms with E-state index in [1.165, 1.54) is 6.07 Å². The highest BCUT2D eigenvalue weighted by molar-refractivity contribution is 7.10. The number of hydrogen-bond donors (Lipinski definition) is 1. The Morgan fingerprint density at radius 3 is 2.56 bits per heavy atom. The maximum absolute atomic E-state index is 13.7. The molecule has 0 aliphatic heterocycles. The number of hydrogen-bond acceptors (Lipinski definition) is 2. The number of benzene rings is 2. The van der Waals surface area contributed by atoms with Crippen molar-refractivity contribution in [3.8, 4) is 11.1 Å². The summed E-state index contributed by atoms with van der Waals surface area (Å²) >= 11 is 1.64. The van der Waals surface area contributed by atoms with Gasteiger partial charge in [0.05, 0.1) is 0 Å². The Bertz CT molecular complexity index is 703. The lowest BCUT2D eigenvalue weighted by atomic mass is 10.00. The summed E-state index contributed by atoms with van der Waals surface area (Å²) in [6, 6.07) is 13.0. The Labute approximate surface area is 109 Å². The Morgan fingerprint density at radius 2 is 1.83 bits per heavy atom. The average molecular weight is 257 g/mol. The molecule has 3 aromatic rings. The summed E-state index contributed by atoms with van der Waals surface area (Å²) in [5, 5.41) is 3.68. The summed E-state index contributed by atoms with van der Waals surface area (Å²) in [6.45, 7) is 0.545. The zero-order chi connectivity index (χ0) is 12.5. The number of halogens is 1. The molecule has 90 valence electrons. The molecule has 18 heavy (non-hydrogen) atoms. The van der Waals surface area contributed by atoms with Crippen LogP contribution in [-0.2, 0) is 6.54 Å². The van der Waals surface area contributed by atoms with Gasteiger partial charge in [-0.15, -0.1) is 11.3 Å². The second-order valence-corrected chi connectivity index (χ2v) is 5.14. The molecule has 0 aliphatic rings. The van der Waals surface area contributed by atoms with Gasteiger partial charge in [-0.2, -0.15) is 0 Å². The van der Waals surface area contributed by atoms with Crippen LogP contribution in [0.4, 0.5) is 4.39 Å². The molecule has 0 unspecified atom stereocenters. The first-order chi connectivity index (χ1) is 8.79. The minimum absolute atomic E-state index is 0.177. The fourth-order valence-electron chi connectivity index (χ4n) is 2.14. The molecule has 2 aromatic carbocycles. The highest BCUT2D eigenvalue weighted by Gasteiger charge is 2.08. The molecular formula is C15H12FNS. The molecule has 1 heterocycles. The Morgan fingerprint density at radius 1 is 1.06 bits per heavy atom. The van der Waals surface area contributed by atoms with E-state index in [2.05, 4.69) is 11.4 Å². The van der Waals surface area contributed by atoms with Gasteiger partial charge < -0.3 is 5.73 Å². The van der Waals surface area contributed by atoms with Crippen LogP contribution in [0.3, 0.4) is 0 Å². The van der Waals surface area contributed by atoms with E-state index < -0.39 is 0 Å². The van der Waals surface area contributed by atoms with Gasteiger partial charge in [-0.25, -0.2) is 4.39 Å². The highest BCUT2D eigenvalue weighted by Crippen LogP contribution is 2.32. The van der Waals surface area contributed by atoms with Crippen LogP contribution >= 0.6 is 11.3 Å². The van der Waals surface area contributed by atoms with Gasteiger partial charge in [0.15, 0.2) is 0 Å². The van der Waals surface area contributed by atoms with Gasteiger partial charge in [0.25, 0.3) is 0 Å². The molecule has 1 nitrogen and oxygen atoms in total. The predicted molar refractivity (Wildman–Crippen MR) is 75.1 cm³/mol. The van der Waals surface area contributed by atoms with E-state index in [-0.39, 0.29) is 5.82 Å². The van der Waals surface area contributed by atoms with Crippen LogP contribution in [0.2, 0.25) is 0 Å². The Hall–Kier alpha value is -1.71. The number of rotatable bonds is 2. The second kappa shape index (κ2) is 4.52. The lowest BCUT2D eigenvalue weighted by Crippen LogP contribution is -1.91. The summed E-state index contributed by atoms with van der Waals surface area (Å²) in [6.07, 6.45) is 0. The standard InChI is InChI=1S/C15H12FNS/c16-15-6-5-12(10-7-11(8-17)18-9-10)13-3-1-2-4-14(13)15/h1-7,9H,8,17H2. The molecule has 3 heteroatoms. The topological polar surface area (TPSA) is 26.0 Å². The first kappa shape index (κ1) is 11.4. The summed E-state index contributed by atoms with van der Waals surface area (Å²) in [5.41, 5.74) is 7.79. The fourth-order valence-corrected chi connectivity index (χ4v) is 2.91. The molecule has 0 saturated carbocycles. The normalized spacial score (nSPS) is 11.0. The van der Waals surface area contributed by atoms with Gasteiger partial charge in [-0.1, -0.05) is 30.3 Å². The Kier molecular flexibility index (Phi) is 2.86. The smallest absolute Gasteiger partial charge is 0.131 e. The Balaban J connectivity index is 2.26. The molecule has 0 fully saturated rings. The predicted octanol–water partition coefficient (Wildman–Crippen LogP) is 4.17. The molecule has 0 saturated heterocycles. The molecule has 0 bridgehead atoms. The number of nitrogens with two attached hydrogens (primary N) is 1. The minimum Gasteiger partial charge on any atom is -0.326 e. The van der Waals surface area contributed by atoms with Crippen LogP contribution in [0, 0.1) is 5.82 Å². The summed E-state index contributed by atoms with van der Waals surface area (Å²) in [4.78, 5) is 1.14. The van der Waals surface area contributed by atoms with E-state index in [1.54, 1.807) is 11.3 Å². The molecule has 0 amide bonds. The maximum atomic E-state index is 13.7. The maximum Gasteiger partial charge on any atom is 0.131 e. The lowest BCUT2D eigenvalue weighted by molar-refractivity contribution is 0.640. The van der Waals surface area contributed by atoms with Crippen molar-refractivity contribution in [2.75, 3.05) is 0 Å². The molecule has 0 atom stereocenters. The molecule has 0 aliphatic carbocycles. The van der Waals surface area contributed by atoms with E-state index in [4.69, 9.17) is 5.73 Å². The van der Waals surface area contributed by atoms with Gasteiger partial charge >= 0.3 is 0 Å². The molecule has 2 N–H and O–H groups in total. The minimum atomic E-state index is -0.177. The first-order valence-electron chi connectivity index (χ1n) is 5.74. The lowest BCUT2D eigenvalue weighted by Gasteiger charge is -2.05. The van der Waals surface area contributed by atoms with E-state index in [9.17, 15) is 4.39 Å². The van der Waals surface area contributed by atoms with Gasteiger partial charge in [0, 0.05) is 16.8 Å². The average Bonchev–Trinajstić information content (AvgIpc) is 2.88. The second-order valence-electron chi connectivity index (χ2n) is 4.15. The van der Waals surface area contributed by atoms with Gasteiger partial charge in [-0.3, -0.25) is 0 Å². The van der Waals surface area contributed by atoms with Gasteiger partial charge in [-0.05, 0) is 34.0 Å². The van der Waals surface area contributed by atoms with E-state index in [0.717, 1.165) is 21.4 Å². The molecular weight excluding hydrogens is 245 g/mol. The van der Waals surface area contributed by atoms with Crippen LogP contribution in [0.5, 0.6) is 0 Å². The molecule has 1 aromatic heterocycles. The van der Waals surface area contributed by atoms with Crippen molar-refractivity contribution in [1.29, 1.82) is 0 Å².